The van der Waals surface area contributed by atoms with Gasteiger partial charge in [0.05, 0.1) is 38.8 Å². The van der Waals surface area contributed by atoms with Crippen molar-refractivity contribution >= 4 is 47.7 Å². The molecule has 0 spiro atoms. The fourth-order valence-electron chi connectivity index (χ4n) is 4.57. The molecule has 0 radical (unpaired) electrons. The molecule has 0 aliphatic carbocycles. The van der Waals surface area contributed by atoms with Crippen LogP contribution in [0.25, 0.3) is 6.08 Å². The first kappa shape index (κ1) is 41.5. The van der Waals surface area contributed by atoms with Gasteiger partial charge in [-0.25, -0.2) is 0 Å². The Morgan fingerprint density at radius 3 is 1.63 bits per heavy atom. The Hall–Kier alpha value is -5.69. The molecule has 9 N–H and O–H groups in total. The summed E-state index contributed by atoms with van der Waals surface area (Å²) < 4.78 is 0. The first-order valence-electron chi connectivity index (χ1n) is 15.7. The maximum atomic E-state index is 12.9. The average molecular weight is 714 g/mol. The largest absolute Gasteiger partial charge is 0.480 e. The van der Waals surface area contributed by atoms with Crippen LogP contribution in [-0.4, -0.2) is 142 Å². The van der Waals surface area contributed by atoms with Crippen LogP contribution in [0.1, 0.15) is 27.9 Å². The zero-order valence-corrected chi connectivity index (χ0v) is 27.8. The lowest BCUT2D eigenvalue weighted by molar-refractivity contribution is -0.143. The minimum absolute atomic E-state index is 0.0115. The monoisotopic (exact) mass is 713 g/mol. The van der Waals surface area contributed by atoms with Crippen LogP contribution >= 0.6 is 0 Å². The summed E-state index contributed by atoms with van der Waals surface area (Å²) in [6.45, 7) is -2.61. The highest BCUT2D eigenvalue weighted by molar-refractivity contribution is 5.96. The van der Waals surface area contributed by atoms with E-state index in [2.05, 4.69) is 16.2 Å². The summed E-state index contributed by atoms with van der Waals surface area (Å²) in [4.78, 5) is 86.3. The number of rotatable bonds is 23. The summed E-state index contributed by atoms with van der Waals surface area (Å²) in [6.07, 6.45) is 3.83. The number of amides is 3. The lowest BCUT2D eigenvalue weighted by atomic mass is 10.1. The van der Waals surface area contributed by atoms with Crippen LogP contribution < -0.4 is 21.9 Å². The number of nitrogens with zero attached hydrogens (tertiary/aromatic N) is 3. The third kappa shape index (κ3) is 18.0. The molecule has 0 aliphatic heterocycles. The second kappa shape index (κ2) is 22.1. The first-order valence-corrected chi connectivity index (χ1v) is 15.7. The summed E-state index contributed by atoms with van der Waals surface area (Å²) in [5, 5.41) is 39.2. The van der Waals surface area contributed by atoms with Gasteiger partial charge in [-0.2, -0.15) is 0 Å². The molecule has 2 rings (SSSR count). The number of nitrogens with one attached hydrogen (secondary N) is 3. The van der Waals surface area contributed by atoms with Gasteiger partial charge < -0.3 is 31.5 Å². The van der Waals surface area contributed by atoms with Gasteiger partial charge >= 0.3 is 23.9 Å². The van der Waals surface area contributed by atoms with Gasteiger partial charge in [0, 0.05) is 38.3 Å². The summed E-state index contributed by atoms with van der Waals surface area (Å²) >= 11 is 0. The van der Waals surface area contributed by atoms with Crippen molar-refractivity contribution < 1.29 is 54.0 Å². The minimum Gasteiger partial charge on any atom is -0.480 e. The Morgan fingerprint density at radius 1 is 0.647 bits per heavy atom. The fourth-order valence-corrected chi connectivity index (χ4v) is 4.57. The van der Waals surface area contributed by atoms with Crippen molar-refractivity contribution in [1.82, 2.24) is 30.9 Å². The van der Waals surface area contributed by atoms with Crippen molar-refractivity contribution in [2.24, 2.45) is 5.73 Å². The molecule has 0 saturated carbocycles. The molecule has 1 atom stereocenters. The molecule has 0 heterocycles. The summed E-state index contributed by atoms with van der Waals surface area (Å²) in [6, 6.07) is 14.7. The van der Waals surface area contributed by atoms with Gasteiger partial charge in [-0.05, 0) is 29.7 Å². The van der Waals surface area contributed by atoms with Crippen molar-refractivity contribution in [3.05, 3.63) is 77.4 Å². The number of hydrazine groups is 1. The lowest BCUT2D eigenvalue weighted by Crippen LogP contribution is -2.49. The lowest BCUT2D eigenvalue weighted by Gasteiger charge is -2.28. The molecular weight excluding hydrogens is 670 g/mol. The molecule has 0 saturated heterocycles. The molecule has 0 aliphatic rings. The first-order chi connectivity index (χ1) is 24.2. The maximum Gasteiger partial charge on any atom is 0.317 e. The molecule has 276 valence electrons. The van der Waals surface area contributed by atoms with E-state index in [4.69, 9.17) is 26.2 Å². The van der Waals surface area contributed by atoms with E-state index in [1.165, 1.54) is 17.0 Å². The zero-order chi connectivity index (χ0) is 37.8. The third-order valence-corrected chi connectivity index (χ3v) is 7.11. The fraction of sp³-hybridized carbons (Fsp3) is 0.364. The Labute approximate surface area is 293 Å². The molecule has 0 unspecified atom stereocenters. The van der Waals surface area contributed by atoms with Crippen LogP contribution in [0.4, 0.5) is 0 Å². The van der Waals surface area contributed by atoms with Gasteiger partial charge in [0.2, 0.25) is 5.91 Å². The van der Waals surface area contributed by atoms with Gasteiger partial charge in [-0.3, -0.25) is 59.1 Å². The smallest absolute Gasteiger partial charge is 0.317 e. The molecule has 51 heavy (non-hydrogen) atoms. The quantitative estimate of drug-likeness (QED) is 0.0625. The highest BCUT2D eigenvalue weighted by Gasteiger charge is 2.20. The van der Waals surface area contributed by atoms with Crippen LogP contribution in [0.3, 0.4) is 0 Å². The van der Waals surface area contributed by atoms with Gasteiger partial charge in [0.25, 0.3) is 11.8 Å². The standard InChI is InChI=1S/C33H43N7O11/c34-26(8-4-7-23-5-2-1-3-6-23)33(51)37-36-32(50)25-11-9-24(10-12-25)17-35-27(41)18-38(13-15-39(19-28(42)43)20-29(44)45)14-16-40(21-30(46)47)22-31(48)49/h1-7,9-12,26H,8,13-22,34H2,(H,35,41)(H,36,50)(H,37,51)(H,42,43)(H,44,45)(H,46,47)(H,48,49)/b7-4+/t26-/m1/s1. The van der Waals surface area contributed by atoms with Gasteiger partial charge in [0.1, 0.15) is 0 Å². The van der Waals surface area contributed by atoms with Crippen molar-refractivity contribution in [1.29, 1.82) is 0 Å². The predicted molar refractivity (Wildman–Crippen MR) is 182 cm³/mol. The van der Waals surface area contributed by atoms with E-state index in [0.29, 0.717) is 5.56 Å². The SMILES string of the molecule is N[C@H](C/C=C/c1ccccc1)C(=O)NNC(=O)c1ccc(CNC(=O)CN(CCN(CC(=O)O)CC(=O)O)CCN(CC(=O)O)CC(=O)O)cc1. The number of carboxylic acid groups (broad SMARTS) is 4. The Balaban J connectivity index is 1.92. The van der Waals surface area contributed by atoms with Gasteiger partial charge in [-0.15, -0.1) is 0 Å². The second-order valence-electron chi connectivity index (χ2n) is 11.3. The summed E-state index contributed by atoms with van der Waals surface area (Å²) in [7, 11) is 0. The van der Waals surface area contributed by atoms with E-state index in [0.717, 1.165) is 15.4 Å². The molecule has 18 heteroatoms. The van der Waals surface area contributed by atoms with E-state index in [1.807, 2.05) is 36.4 Å². The number of aliphatic carboxylic acids is 4. The molecular formula is C33H43N7O11. The molecule has 0 bridgehead atoms. The minimum atomic E-state index is -1.25. The number of carbonyl (C=O) groups is 7. The van der Waals surface area contributed by atoms with Gasteiger partial charge in [0.15, 0.2) is 0 Å². The van der Waals surface area contributed by atoms with Gasteiger partial charge in [-0.1, -0.05) is 54.6 Å². The molecule has 0 fully saturated rings. The van der Waals surface area contributed by atoms with E-state index < -0.39 is 73.8 Å². The van der Waals surface area contributed by atoms with E-state index in [9.17, 15) is 33.6 Å². The molecule has 0 aromatic heterocycles. The zero-order valence-electron chi connectivity index (χ0n) is 27.8. The Morgan fingerprint density at radius 2 is 1.14 bits per heavy atom. The Bertz CT molecular complexity index is 1450. The number of carbonyl (C=O) groups excluding carboxylic acids is 3. The van der Waals surface area contributed by atoms with Crippen LogP contribution in [0, 0.1) is 0 Å². The van der Waals surface area contributed by atoms with E-state index in [-0.39, 0.29) is 51.3 Å². The van der Waals surface area contributed by atoms with Crippen LogP contribution in [-0.2, 0) is 35.3 Å². The summed E-state index contributed by atoms with van der Waals surface area (Å²) in [5.41, 5.74) is 12.3. The number of hydrogen-bond acceptors (Lipinski definition) is 11. The van der Waals surface area contributed by atoms with Crippen molar-refractivity contribution in [2.75, 3.05) is 58.9 Å². The average Bonchev–Trinajstić information content (AvgIpc) is 3.06. The van der Waals surface area contributed by atoms with Crippen LogP contribution in [0.2, 0.25) is 0 Å². The predicted octanol–water partition coefficient (Wildman–Crippen LogP) is -1.26. The highest BCUT2D eigenvalue weighted by atomic mass is 16.4. The number of benzene rings is 2. The topological polar surface area (TPSA) is 272 Å². The number of nitrogens with two attached hydrogens (primary N) is 1. The maximum absolute atomic E-state index is 12.9. The normalized spacial score (nSPS) is 11.8. The van der Waals surface area contributed by atoms with E-state index in [1.54, 1.807) is 18.2 Å². The second-order valence-corrected chi connectivity index (χ2v) is 11.3. The summed E-state index contributed by atoms with van der Waals surface area (Å²) in [5.74, 6) is -6.68. The van der Waals surface area contributed by atoms with E-state index >= 15 is 0 Å². The Kier molecular flexibility index (Phi) is 18.0. The van der Waals surface area contributed by atoms with Crippen molar-refractivity contribution in [2.45, 2.75) is 19.0 Å². The van der Waals surface area contributed by atoms with Crippen molar-refractivity contribution in [3.8, 4) is 0 Å². The molecule has 2 aromatic rings. The van der Waals surface area contributed by atoms with Crippen molar-refractivity contribution in [3.63, 3.8) is 0 Å². The molecule has 3 amide bonds. The number of carboxylic acids is 4. The van der Waals surface area contributed by atoms with Crippen LogP contribution in [0.5, 0.6) is 0 Å². The molecule has 2 aromatic carbocycles. The molecule has 18 nitrogen and oxygen atoms in total. The third-order valence-electron chi connectivity index (χ3n) is 7.11. The number of hydrogen-bond donors (Lipinski definition) is 8. The van der Waals surface area contributed by atoms with Crippen LogP contribution in [0.15, 0.2) is 60.7 Å². The highest BCUT2D eigenvalue weighted by Crippen LogP contribution is 2.06.